The Morgan fingerprint density at radius 2 is 1.61 bits per heavy atom. The van der Waals surface area contributed by atoms with Gasteiger partial charge in [-0.2, -0.15) is 18.2 Å². The number of aromatic nitrogens is 1. The number of imide groups is 2. The molecule has 1 aromatic heterocycles. The van der Waals surface area contributed by atoms with Gasteiger partial charge in [0.2, 0.25) is 11.8 Å². The number of phenols is 1. The van der Waals surface area contributed by atoms with Crippen molar-refractivity contribution in [3.63, 3.8) is 0 Å². The molecule has 0 spiro atoms. The van der Waals surface area contributed by atoms with Crippen LogP contribution in [0.4, 0.5) is 24.7 Å². The lowest BCUT2D eigenvalue weighted by molar-refractivity contribution is -0.139. The van der Waals surface area contributed by atoms with Gasteiger partial charge >= 0.3 is 12.1 Å². The van der Waals surface area contributed by atoms with Crippen LogP contribution in [0, 0.1) is 37.5 Å². The van der Waals surface area contributed by atoms with Crippen molar-refractivity contribution < 1.29 is 47.4 Å². The second kappa shape index (κ2) is 13.4. The normalized spacial score (nSPS) is 25.6. The van der Waals surface area contributed by atoms with Gasteiger partial charge in [-0.25, -0.2) is 9.78 Å². The fraction of sp³-hybridized carbons (Fsp3) is 0.268. The maximum absolute atomic E-state index is 15.4. The van der Waals surface area contributed by atoms with E-state index < -0.39 is 87.2 Å². The van der Waals surface area contributed by atoms with Gasteiger partial charge in [-0.05, 0) is 91.3 Å². The molecule has 4 amide bonds. The monoisotopic (exact) mass is 818 g/mol. The van der Waals surface area contributed by atoms with Gasteiger partial charge in [0.25, 0.3) is 11.8 Å². The molecule has 292 valence electrons. The molecule has 8 rings (SSSR count). The smallest absolute Gasteiger partial charge is 0.417 e. The van der Waals surface area contributed by atoms with E-state index in [0.29, 0.717) is 50.1 Å². The van der Waals surface area contributed by atoms with Gasteiger partial charge in [-0.3, -0.25) is 29.5 Å². The number of allylic oxidation sites excluding steroid dienone is 2. The number of alkyl halides is 3. The van der Waals surface area contributed by atoms with Crippen molar-refractivity contribution >= 4 is 64.3 Å². The second-order valence-corrected chi connectivity index (χ2v) is 15.6. The average molecular weight is 820 g/mol. The summed E-state index contributed by atoms with van der Waals surface area (Å²) in [5.41, 5.74) is 2.07. The lowest BCUT2D eigenvalue weighted by Crippen LogP contribution is -2.53. The highest BCUT2D eigenvalue weighted by atomic mass is 35.5. The predicted molar refractivity (Wildman–Crippen MR) is 200 cm³/mol. The molecule has 4 aliphatic rings. The lowest BCUT2D eigenvalue weighted by Gasteiger charge is -2.50. The third-order valence-corrected chi connectivity index (χ3v) is 12.3. The zero-order valence-corrected chi connectivity index (χ0v) is 31.5. The number of fused-ring (bicyclic) bond motifs is 4. The molecule has 3 fully saturated rings. The van der Waals surface area contributed by atoms with E-state index in [4.69, 9.17) is 23.2 Å². The number of hydrazine groups is 1. The van der Waals surface area contributed by atoms with E-state index in [1.165, 1.54) is 24.3 Å². The minimum Gasteiger partial charge on any atom is -0.507 e. The minimum atomic E-state index is -4.77. The number of benzene rings is 3. The average Bonchev–Trinajstić information content (AvgIpc) is 3.54. The first kappa shape index (κ1) is 38.2. The fourth-order valence-electron chi connectivity index (χ4n) is 9.35. The Morgan fingerprint density at radius 1 is 0.930 bits per heavy atom. The number of aromatic hydroxyl groups is 1. The van der Waals surface area contributed by atoms with Gasteiger partial charge < -0.3 is 10.2 Å². The Bertz CT molecular complexity index is 2450. The Balaban J connectivity index is 1.32. The first-order valence-corrected chi connectivity index (χ1v) is 18.6. The Morgan fingerprint density at radius 3 is 2.25 bits per heavy atom. The summed E-state index contributed by atoms with van der Waals surface area (Å²) in [7, 11) is 0. The summed E-state index contributed by atoms with van der Waals surface area (Å²) in [4.78, 5) is 75.5. The topological polar surface area (TPSA) is 157 Å². The number of halogens is 5. The van der Waals surface area contributed by atoms with Crippen LogP contribution in [0.1, 0.15) is 56.9 Å². The summed E-state index contributed by atoms with van der Waals surface area (Å²) < 4.78 is 40.5. The number of hydrogen-bond acceptors (Lipinski definition) is 8. The molecule has 2 saturated heterocycles. The van der Waals surface area contributed by atoms with E-state index in [0.717, 1.165) is 4.90 Å². The number of anilines is 2. The van der Waals surface area contributed by atoms with E-state index in [9.17, 15) is 42.6 Å². The summed E-state index contributed by atoms with van der Waals surface area (Å²) in [6.45, 7) is 3.36. The summed E-state index contributed by atoms with van der Waals surface area (Å²) in [5.74, 6) is -9.22. The molecule has 16 heteroatoms. The van der Waals surface area contributed by atoms with E-state index in [1.54, 1.807) is 50.2 Å². The van der Waals surface area contributed by atoms with Gasteiger partial charge in [0.1, 0.15) is 5.75 Å². The zero-order valence-electron chi connectivity index (χ0n) is 30.0. The number of nitrogens with zero attached hydrogens (tertiary/aromatic N) is 3. The number of amides is 4. The fourth-order valence-corrected chi connectivity index (χ4v) is 9.68. The summed E-state index contributed by atoms with van der Waals surface area (Å²) in [6.07, 6.45) is -2.45. The van der Waals surface area contributed by atoms with Crippen LogP contribution in [0.25, 0.3) is 0 Å². The molecular weight excluding hydrogens is 788 g/mol. The van der Waals surface area contributed by atoms with Gasteiger partial charge in [0.05, 0.1) is 45.0 Å². The van der Waals surface area contributed by atoms with Crippen LogP contribution in [0.5, 0.6) is 5.75 Å². The Hall–Kier alpha value is -5.73. The molecule has 11 nitrogen and oxygen atoms in total. The quantitative estimate of drug-likeness (QED) is 0.132. The predicted octanol–water partition coefficient (Wildman–Crippen LogP) is 7.62. The number of carboxylic acid groups (broad SMARTS) is 1. The van der Waals surface area contributed by atoms with E-state index >= 15 is 4.79 Å². The SMILES string of the molecule is Cc1cc(C2C3=CCC4C(=O)N(c5cccc(C(=O)O)c5)C(=O)C4C3CC3C(=O)N(Nc4ncc(C(F)(F)F)cc4Cl)C(=O)C32c2ccc(Cl)cc2)cc(C)c1O. The number of hydrogen-bond donors (Lipinski definition) is 3. The number of carboxylic acids is 1. The van der Waals surface area contributed by atoms with Crippen LogP contribution in [-0.4, -0.2) is 49.8 Å². The number of aromatic carboxylic acids is 1. The summed E-state index contributed by atoms with van der Waals surface area (Å²) in [5, 5.41) is 21.0. The van der Waals surface area contributed by atoms with Crippen LogP contribution in [0.15, 0.2) is 84.6 Å². The van der Waals surface area contributed by atoms with Crippen molar-refractivity contribution in [2.24, 2.45) is 23.7 Å². The molecule has 6 atom stereocenters. The number of nitrogens with one attached hydrogen (secondary N) is 1. The molecule has 57 heavy (non-hydrogen) atoms. The number of carbonyl (C=O) groups is 5. The standard InChI is InChI=1S/C41H31Cl2F3N4O7/c1-18-12-21(13-19(2)33(18)51)32-26-10-11-27-31(37(54)49(35(27)52)25-5-3-4-20(14-25)38(55)56)28(26)16-29-36(53)50(39(57)40(29,32)22-6-8-24(42)9-7-22)48-34-30(43)15-23(17-47-34)41(44,45)46/h3-10,12-15,17,27-29,31-32,51H,11,16H2,1-2H3,(H,47,48)(H,55,56). The third-order valence-electron chi connectivity index (χ3n) is 11.8. The third kappa shape index (κ3) is 5.79. The maximum atomic E-state index is 15.4. The largest absolute Gasteiger partial charge is 0.507 e. The van der Waals surface area contributed by atoms with E-state index in [-0.39, 0.29) is 29.8 Å². The van der Waals surface area contributed by atoms with Crippen LogP contribution in [-0.2, 0) is 30.8 Å². The lowest BCUT2D eigenvalue weighted by atomic mass is 9.49. The molecule has 3 aromatic carbocycles. The van der Waals surface area contributed by atoms with Gasteiger partial charge in [0.15, 0.2) is 5.82 Å². The first-order chi connectivity index (χ1) is 26.9. The van der Waals surface area contributed by atoms with Crippen LogP contribution in [0.2, 0.25) is 10.0 Å². The van der Waals surface area contributed by atoms with Crippen molar-refractivity contribution in [2.45, 2.75) is 44.2 Å². The molecule has 0 radical (unpaired) electrons. The molecule has 6 unspecified atom stereocenters. The van der Waals surface area contributed by atoms with Gasteiger partial charge in [-0.15, -0.1) is 0 Å². The van der Waals surface area contributed by atoms with Crippen LogP contribution < -0.4 is 10.3 Å². The minimum absolute atomic E-state index is 0.0110. The second-order valence-electron chi connectivity index (χ2n) is 14.8. The highest BCUT2D eigenvalue weighted by molar-refractivity contribution is 6.33. The Labute approximate surface area is 332 Å². The molecule has 3 heterocycles. The van der Waals surface area contributed by atoms with E-state index in [2.05, 4.69) is 10.4 Å². The van der Waals surface area contributed by atoms with Crippen molar-refractivity contribution in [3.05, 3.63) is 128 Å². The number of carbonyl (C=O) groups excluding carboxylic acids is 4. The van der Waals surface area contributed by atoms with Crippen molar-refractivity contribution in [1.29, 1.82) is 0 Å². The van der Waals surface area contributed by atoms with Crippen molar-refractivity contribution in [3.8, 4) is 5.75 Å². The van der Waals surface area contributed by atoms with Gasteiger partial charge in [0, 0.05) is 17.1 Å². The Kier molecular flexibility index (Phi) is 9.00. The number of phenolic OH excluding ortho intramolecular Hbond substituents is 1. The highest BCUT2D eigenvalue weighted by Crippen LogP contribution is 2.64. The zero-order chi connectivity index (χ0) is 40.9. The summed E-state index contributed by atoms with van der Waals surface area (Å²) >= 11 is 12.6. The number of aryl methyl sites for hydroxylation is 2. The number of pyridine rings is 1. The summed E-state index contributed by atoms with van der Waals surface area (Å²) in [6, 6.07) is 15.9. The maximum Gasteiger partial charge on any atom is 0.417 e. The molecule has 2 aliphatic heterocycles. The van der Waals surface area contributed by atoms with E-state index in [1.807, 2.05) is 6.08 Å². The highest BCUT2D eigenvalue weighted by Gasteiger charge is 2.70. The molecular formula is C41H31Cl2F3N4O7. The molecule has 3 N–H and O–H groups in total. The molecule has 1 saturated carbocycles. The number of rotatable bonds is 6. The molecule has 4 aromatic rings. The van der Waals surface area contributed by atoms with Crippen molar-refractivity contribution in [2.75, 3.05) is 10.3 Å². The van der Waals surface area contributed by atoms with Crippen LogP contribution in [0.3, 0.4) is 0 Å². The van der Waals surface area contributed by atoms with Gasteiger partial charge in [-0.1, -0.05) is 65.2 Å². The van der Waals surface area contributed by atoms with Crippen molar-refractivity contribution in [1.82, 2.24) is 9.99 Å². The molecule has 2 aliphatic carbocycles. The van der Waals surface area contributed by atoms with Crippen LogP contribution >= 0.6 is 23.2 Å². The first-order valence-electron chi connectivity index (χ1n) is 17.8. The molecule has 0 bridgehead atoms.